The first-order chi connectivity index (χ1) is 7.31. The Morgan fingerprint density at radius 3 is 2.87 bits per heavy atom. The molecule has 2 rings (SSSR count). The molecule has 0 aromatic carbocycles. The lowest BCUT2D eigenvalue weighted by Gasteiger charge is -2.30. The number of hydrogen-bond donors (Lipinski definition) is 2. The van der Waals surface area contributed by atoms with E-state index in [1.54, 1.807) is 11.1 Å². The van der Waals surface area contributed by atoms with Crippen molar-refractivity contribution in [2.75, 3.05) is 19.7 Å². The van der Waals surface area contributed by atoms with Gasteiger partial charge in [0.25, 0.3) is 0 Å². The van der Waals surface area contributed by atoms with Gasteiger partial charge in [0, 0.05) is 19.0 Å². The molecule has 1 aliphatic rings. The minimum Gasteiger partial charge on any atom is -0.387 e. The van der Waals surface area contributed by atoms with E-state index in [0.29, 0.717) is 19.0 Å². The Balaban J connectivity index is 1.90. The van der Waals surface area contributed by atoms with Crippen molar-refractivity contribution in [3.8, 4) is 0 Å². The molecule has 0 aliphatic carbocycles. The number of aliphatic hydroxyl groups excluding tert-OH is 1. The third kappa shape index (κ3) is 2.15. The summed E-state index contributed by atoms with van der Waals surface area (Å²) in [5, 5.41) is 19.1. The lowest BCUT2D eigenvalue weighted by atomic mass is 9.94. The van der Waals surface area contributed by atoms with E-state index >= 15 is 0 Å². The monoisotopic (exact) mass is 210 g/mol. The van der Waals surface area contributed by atoms with Gasteiger partial charge in [0.15, 0.2) is 0 Å². The van der Waals surface area contributed by atoms with Crippen LogP contribution in [0.5, 0.6) is 0 Å². The fraction of sp³-hybridized carbons (Fsp3) is 0.667. The lowest BCUT2D eigenvalue weighted by molar-refractivity contribution is -0.135. The molecule has 0 saturated carbocycles. The second-order valence-corrected chi connectivity index (χ2v) is 3.71. The van der Waals surface area contributed by atoms with E-state index in [0.717, 1.165) is 18.5 Å². The zero-order valence-electron chi connectivity index (χ0n) is 8.39. The van der Waals surface area contributed by atoms with Crippen LogP contribution in [0.3, 0.4) is 0 Å². The van der Waals surface area contributed by atoms with Crippen molar-refractivity contribution in [2.45, 2.75) is 18.8 Å². The van der Waals surface area contributed by atoms with Gasteiger partial charge in [0.2, 0.25) is 5.91 Å². The number of amides is 1. The van der Waals surface area contributed by atoms with Crippen molar-refractivity contribution in [1.29, 1.82) is 0 Å². The Hall–Kier alpha value is -1.43. The fourth-order valence-corrected chi connectivity index (χ4v) is 1.93. The van der Waals surface area contributed by atoms with E-state index in [1.165, 1.54) is 0 Å². The molecule has 0 unspecified atom stereocenters. The molecular weight excluding hydrogens is 196 g/mol. The van der Waals surface area contributed by atoms with Crippen LogP contribution in [0.15, 0.2) is 6.20 Å². The van der Waals surface area contributed by atoms with Gasteiger partial charge in [-0.2, -0.15) is 15.4 Å². The molecule has 82 valence electrons. The van der Waals surface area contributed by atoms with E-state index in [1.807, 2.05) is 0 Å². The van der Waals surface area contributed by atoms with Crippen molar-refractivity contribution in [2.24, 2.45) is 0 Å². The van der Waals surface area contributed by atoms with Crippen LogP contribution in [0.1, 0.15) is 24.5 Å². The molecular formula is C9H14N4O2. The molecule has 1 amide bonds. The second-order valence-electron chi connectivity index (χ2n) is 3.71. The summed E-state index contributed by atoms with van der Waals surface area (Å²) in [6, 6.07) is 0. The molecule has 0 atom stereocenters. The van der Waals surface area contributed by atoms with Crippen LogP contribution in [-0.4, -0.2) is 51.0 Å². The average molecular weight is 210 g/mol. The largest absolute Gasteiger partial charge is 0.387 e. The van der Waals surface area contributed by atoms with E-state index in [4.69, 9.17) is 5.11 Å². The van der Waals surface area contributed by atoms with Crippen LogP contribution in [0.25, 0.3) is 0 Å². The number of aliphatic hydroxyl groups is 1. The molecule has 0 bridgehead atoms. The zero-order valence-corrected chi connectivity index (χ0v) is 8.39. The average Bonchev–Trinajstić information content (AvgIpc) is 2.82. The zero-order chi connectivity index (χ0) is 10.7. The van der Waals surface area contributed by atoms with Crippen molar-refractivity contribution >= 4 is 5.91 Å². The predicted molar refractivity (Wildman–Crippen MR) is 52.0 cm³/mol. The Morgan fingerprint density at radius 2 is 2.33 bits per heavy atom. The number of aromatic amines is 1. The number of nitrogens with zero attached hydrogens (tertiary/aromatic N) is 3. The molecule has 15 heavy (non-hydrogen) atoms. The van der Waals surface area contributed by atoms with Gasteiger partial charge >= 0.3 is 0 Å². The van der Waals surface area contributed by atoms with Crippen LogP contribution >= 0.6 is 0 Å². The topological polar surface area (TPSA) is 82.1 Å². The molecule has 6 heteroatoms. The van der Waals surface area contributed by atoms with Gasteiger partial charge in [-0.15, -0.1) is 0 Å². The molecule has 0 spiro atoms. The summed E-state index contributed by atoms with van der Waals surface area (Å²) >= 11 is 0. The van der Waals surface area contributed by atoms with E-state index in [2.05, 4.69) is 15.4 Å². The van der Waals surface area contributed by atoms with Crippen molar-refractivity contribution in [3.63, 3.8) is 0 Å². The van der Waals surface area contributed by atoms with Crippen molar-refractivity contribution in [3.05, 3.63) is 11.9 Å². The first kappa shape index (κ1) is 10.1. The summed E-state index contributed by atoms with van der Waals surface area (Å²) in [4.78, 5) is 12.9. The number of aromatic nitrogens is 3. The first-order valence-corrected chi connectivity index (χ1v) is 5.05. The third-order valence-corrected chi connectivity index (χ3v) is 2.83. The maximum absolute atomic E-state index is 11.2. The van der Waals surface area contributed by atoms with Crippen LogP contribution in [-0.2, 0) is 4.79 Å². The van der Waals surface area contributed by atoms with Gasteiger partial charge < -0.3 is 10.0 Å². The summed E-state index contributed by atoms with van der Waals surface area (Å²) in [7, 11) is 0. The highest BCUT2D eigenvalue weighted by molar-refractivity contribution is 5.77. The first-order valence-electron chi connectivity index (χ1n) is 5.05. The maximum atomic E-state index is 11.2. The number of carbonyl (C=O) groups excluding carboxylic acids is 1. The van der Waals surface area contributed by atoms with E-state index in [9.17, 15) is 4.79 Å². The molecule has 6 nitrogen and oxygen atoms in total. The highest BCUT2D eigenvalue weighted by atomic mass is 16.3. The van der Waals surface area contributed by atoms with Crippen LogP contribution in [0.2, 0.25) is 0 Å². The summed E-state index contributed by atoms with van der Waals surface area (Å²) in [5.74, 6) is 0.195. The summed E-state index contributed by atoms with van der Waals surface area (Å²) in [6.45, 7) is 0.989. The number of likely N-dealkylation sites (tertiary alicyclic amines) is 1. The lowest BCUT2D eigenvalue weighted by Crippen LogP contribution is -2.39. The standard InChI is InChI=1S/C9H14N4O2/c14-6-9(15)13-3-1-7(2-4-13)8-5-10-12-11-8/h5,7,14H,1-4,6H2,(H,10,11,12). The van der Waals surface area contributed by atoms with Gasteiger partial charge in [0.05, 0.1) is 11.9 Å². The Kier molecular flexibility index (Phi) is 2.96. The number of hydrogen-bond acceptors (Lipinski definition) is 4. The summed E-state index contributed by atoms with van der Waals surface area (Å²) in [5.41, 5.74) is 0.964. The maximum Gasteiger partial charge on any atom is 0.248 e. The Morgan fingerprint density at radius 1 is 1.60 bits per heavy atom. The normalized spacial score (nSPS) is 18.1. The van der Waals surface area contributed by atoms with Gasteiger partial charge in [-0.1, -0.05) is 0 Å². The molecule has 0 radical (unpaired) electrons. The number of H-pyrrole nitrogens is 1. The van der Waals surface area contributed by atoms with E-state index in [-0.39, 0.29) is 5.91 Å². The Labute approximate surface area is 87.3 Å². The van der Waals surface area contributed by atoms with Gasteiger partial charge in [-0.25, -0.2) is 0 Å². The number of piperidine rings is 1. The van der Waals surface area contributed by atoms with Gasteiger partial charge in [-0.3, -0.25) is 4.79 Å². The molecule has 2 heterocycles. The van der Waals surface area contributed by atoms with E-state index < -0.39 is 6.61 Å². The van der Waals surface area contributed by atoms with Gasteiger partial charge in [0.1, 0.15) is 6.61 Å². The van der Waals surface area contributed by atoms with Crippen LogP contribution in [0.4, 0.5) is 0 Å². The second kappa shape index (κ2) is 4.39. The van der Waals surface area contributed by atoms with Crippen LogP contribution < -0.4 is 0 Å². The summed E-state index contributed by atoms with van der Waals surface area (Å²) < 4.78 is 0. The summed E-state index contributed by atoms with van der Waals surface area (Å²) in [6.07, 6.45) is 3.50. The number of carbonyl (C=O) groups is 1. The minimum absolute atomic E-state index is 0.186. The molecule has 1 fully saturated rings. The fourth-order valence-electron chi connectivity index (χ4n) is 1.93. The smallest absolute Gasteiger partial charge is 0.248 e. The number of nitrogens with one attached hydrogen (secondary N) is 1. The minimum atomic E-state index is -0.394. The number of rotatable bonds is 2. The molecule has 2 N–H and O–H groups in total. The molecule has 1 aromatic heterocycles. The van der Waals surface area contributed by atoms with Gasteiger partial charge in [-0.05, 0) is 12.8 Å². The quantitative estimate of drug-likeness (QED) is 0.689. The third-order valence-electron chi connectivity index (χ3n) is 2.83. The predicted octanol–water partition coefficient (Wildman–Crippen LogP) is -0.497. The molecule has 1 saturated heterocycles. The molecule has 1 aromatic rings. The highest BCUT2D eigenvalue weighted by Gasteiger charge is 2.24. The van der Waals surface area contributed by atoms with Crippen molar-refractivity contribution in [1.82, 2.24) is 20.3 Å². The van der Waals surface area contributed by atoms with Crippen molar-refractivity contribution < 1.29 is 9.90 Å². The SMILES string of the molecule is O=C(CO)N1CCC(c2cn[nH]n2)CC1. The van der Waals surface area contributed by atoms with Crippen LogP contribution in [0, 0.1) is 0 Å². The molecule has 1 aliphatic heterocycles. The Bertz CT molecular complexity index is 317. The highest BCUT2D eigenvalue weighted by Crippen LogP contribution is 2.25.